The van der Waals surface area contributed by atoms with Gasteiger partial charge in [-0.1, -0.05) is 74.0 Å². The Morgan fingerprint density at radius 2 is 1.43 bits per heavy atom. The molecule has 0 fully saturated rings. The minimum atomic E-state index is 0.356. The van der Waals surface area contributed by atoms with Crippen LogP contribution in [0.2, 0.25) is 0 Å². The lowest BCUT2D eigenvalue weighted by molar-refractivity contribution is 0.394. The van der Waals surface area contributed by atoms with E-state index < -0.39 is 0 Å². The minimum absolute atomic E-state index is 0.356. The zero-order valence-corrected chi connectivity index (χ0v) is 13.6. The number of benzene rings is 2. The van der Waals surface area contributed by atoms with E-state index in [-0.39, 0.29) is 0 Å². The van der Waals surface area contributed by atoms with Crippen LogP contribution in [0.1, 0.15) is 56.0 Å². The molecule has 1 N–H and O–H groups in total. The third-order valence-corrected chi connectivity index (χ3v) is 3.94. The molecule has 1 nitrogen and oxygen atoms in total. The summed E-state index contributed by atoms with van der Waals surface area (Å²) in [5.41, 5.74) is 4.04. The number of aryl methyl sites for hydroxylation is 1. The Bertz CT molecular complexity index is 528. The fraction of sp³-hybridized carbons (Fsp3) is 0.400. The van der Waals surface area contributed by atoms with Crippen molar-refractivity contribution < 1.29 is 0 Å². The van der Waals surface area contributed by atoms with Crippen LogP contribution in [0.25, 0.3) is 0 Å². The zero-order chi connectivity index (χ0) is 15.2. The van der Waals surface area contributed by atoms with E-state index >= 15 is 0 Å². The maximum absolute atomic E-state index is 3.80. The van der Waals surface area contributed by atoms with Gasteiger partial charge >= 0.3 is 0 Å². The summed E-state index contributed by atoms with van der Waals surface area (Å²) in [4.78, 5) is 0. The van der Waals surface area contributed by atoms with Crippen molar-refractivity contribution in [3.63, 3.8) is 0 Å². The molecule has 0 aliphatic carbocycles. The lowest BCUT2D eigenvalue weighted by atomic mass is 9.95. The summed E-state index contributed by atoms with van der Waals surface area (Å²) >= 11 is 0. The molecule has 0 aromatic heterocycles. The average molecular weight is 281 g/mol. The van der Waals surface area contributed by atoms with E-state index in [4.69, 9.17) is 0 Å². The van der Waals surface area contributed by atoms with Crippen LogP contribution < -0.4 is 5.32 Å². The molecule has 0 radical (unpaired) electrons. The van der Waals surface area contributed by atoms with Gasteiger partial charge in [0.1, 0.15) is 0 Å². The SMILES string of the molecule is Cc1ccc([C@H](C)NC(CC(C)C)c2ccccc2)cc1. The molecule has 0 saturated heterocycles. The topological polar surface area (TPSA) is 12.0 Å². The molecule has 0 bridgehead atoms. The highest BCUT2D eigenvalue weighted by atomic mass is 14.9. The number of nitrogens with one attached hydrogen (secondary N) is 1. The third kappa shape index (κ3) is 4.71. The quantitative estimate of drug-likeness (QED) is 0.744. The summed E-state index contributed by atoms with van der Waals surface area (Å²) in [5, 5.41) is 3.80. The Balaban J connectivity index is 2.13. The van der Waals surface area contributed by atoms with Crippen molar-refractivity contribution in [1.29, 1.82) is 0 Å². The summed E-state index contributed by atoms with van der Waals surface area (Å²) in [7, 11) is 0. The molecule has 2 aromatic rings. The maximum atomic E-state index is 3.80. The predicted molar refractivity (Wildman–Crippen MR) is 91.4 cm³/mol. The highest BCUT2D eigenvalue weighted by molar-refractivity contribution is 5.25. The van der Waals surface area contributed by atoms with Gasteiger partial charge in [0.05, 0.1) is 0 Å². The Hall–Kier alpha value is -1.60. The lowest BCUT2D eigenvalue weighted by Crippen LogP contribution is -2.26. The molecule has 2 aromatic carbocycles. The zero-order valence-electron chi connectivity index (χ0n) is 13.6. The van der Waals surface area contributed by atoms with Crippen molar-refractivity contribution in [3.05, 3.63) is 71.3 Å². The Morgan fingerprint density at radius 3 is 2.00 bits per heavy atom. The Labute approximate surface area is 129 Å². The van der Waals surface area contributed by atoms with Crippen LogP contribution in [0.3, 0.4) is 0 Å². The first kappa shape index (κ1) is 15.8. The number of rotatable bonds is 6. The van der Waals surface area contributed by atoms with E-state index in [0.29, 0.717) is 18.0 Å². The van der Waals surface area contributed by atoms with Crippen molar-refractivity contribution in [2.24, 2.45) is 5.92 Å². The molecule has 1 unspecified atom stereocenters. The van der Waals surface area contributed by atoms with Gasteiger partial charge < -0.3 is 5.32 Å². The van der Waals surface area contributed by atoms with Crippen molar-refractivity contribution in [3.8, 4) is 0 Å². The van der Waals surface area contributed by atoms with E-state index in [1.165, 1.54) is 16.7 Å². The molecule has 0 aliphatic heterocycles. The van der Waals surface area contributed by atoms with Crippen LogP contribution in [-0.4, -0.2) is 0 Å². The fourth-order valence-corrected chi connectivity index (χ4v) is 2.71. The first-order valence-electron chi connectivity index (χ1n) is 7.94. The molecule has 0 aliphatic rings. The molecule has 1 heteroatoms. The highest BCUT2D eigenvalue weighted by Crippen LogP contribution is 2.25. The standard InChI is InChI=1S/C20H27N/c1-15(2)14-20(19-8-6-5-7-9-19)21-17(4)18-12-10-16(3)11-13-18/h5-13,15,17,20-21H,14H2,1-4H3/t17-,20?/m0/s1. The van der Waals surface area contributed by atoms with Crippen molar-refractivity contribution >= 4 is 0 Å². The number of hydrogen-bond acceptors (Lipinski definition) is 1. The van der Waals surface area contributed by atoms with Crippen LogP contribution in [0.15, 0.2) is 54.6 Å². The minimum Gasteiger partial charge on any atom is -0.303 e. The average Bonchev–Trinajstić information content (AvgIpc) is 2.47. The molecule has 0 amide bonds. The fourth-order valence-electron chi connectivity index (χ4n) is 2.71. The maximum Gasteiger partial charge on any atom is 0.0328 e. The second-order valence-electron chi connectivity index (χ2n) is 6.39. The molecule has 0 spiro atoms. The monoisotopic (exact) mass is 281 g/mol. The number of hydrogen-bond donors (Lipinski definition) is 1. The second-order valence-corrected chi connectivity index (χ2v) is 6.39. The molecule has 0 heterocycles. The van der Waals surface area contributed by atoms with E-state index in [0.717, 1.165) is 6.42 Å². The van der Waals surface area contributed by atoms with Gasteiger partial charge in [0.25, 0.3) is 0 Å². The van der Waals surface area contributed by atoms with E-state index in [1.54, 1.807) is 0 Å². The Kier molecular flexibility index (Phi) is 5.58. The van der Waals surface area contributed by atoms with E-state index in [9.17, 15) is 0 Å². The first-order valence-corrected chi connectivity index (χ1v) is 7.94. The van der Waals surface area contributed by atoms with Gasteiger partial charge in [0.15, 0.2) is 0 Å². The normalized spacial score (nSPS) is 14.1. The molecule has 2 rings (SSSR count). The van der Waals surface area contributed by atoms with Crippen LogP contribution in [0.5, 0.6) is 0 Å². The van der Waals surface area contributed by atoms with Gasteiger partial charge in [0.2, 0.25) is 0 Å². The van der Waals surface area contributed by atoms with Crippen LogP contribution in [-0.2, 0) is 0 Å². The molecule has 112 valence electrons. The van der Waals surface area contributed by atoms with Crippen LogP contribution in [0, 0.1) is 12.8 Å². The van der Waals surface area contributed by atoms with Gasteiger partial charge in [-0.3, -0.25) is 0 Å². The Morgan fingerprint density at radius 1 is 0.810 bits per heavy atom. The molecule has 2 atom stereocenters. The van der Waals surface area contributed by atoms with Gasteiger partial charge in [0, 0.05) is 12.1 Å². The second kappa shape index (κ2) is 7.42. The van der Waals surface area contributed by atoms with Crippen molar-refractivity contribution in [2.75, 3.05) is 0 Å². The predicted octanol–water partition coefficient (Wildman–Crippen LogP) is 5.43. The van der Waals surface area contributed by atoms with E-state index in [2.05, 4.69) is 87.6 Å². The molecule has 0 saturated carbocycles. The largest absolute Gasteiger partial charge is 0.303 e. The molecular weight excluding hydrogens is 254 g/mol. The van der Waals surface area contributed by atoms with Crippen molar-refractivity contribution in [1.82, 2.24) is 5.32 Å². The summed E-state index contributed by atoms with van der Waals surface area (Å²) < 4.78 is 0. The lowest BCUT2D eigenvalue weighted by Gasteiger charge is -2.26. The van der Waals surface area contributed by atoms with Gasteiger partial charge in [-0.05, 0) is 37.3 Å². The van der Waals surface area contributed by atoms with Crippen molar-refractivity contribution in [2.45, 2.75) is 46.2 Å². The van der Waals surface area contributed by atoms with Crippen LogP contribution >= 0.6 is 0 Å². The summed E-state index contributed by atoms with van der Waals surface area (Å²) in [6.45, 7) is 8.96. The summed E-state index contributed by atoms with van der Waals surface area (Å²) in [5.74, 6) is 0.674. The van der Waals surface area contributed by atoms with E-state index in [1.807, 2.05) is 0 Å². The van der Waals surface area contributed by atoms with Gasteiger partial charge in [-0.25, -0.2) is 0 Å². The smallest absolute Gasteiger partial charge is 0.0328 e. The van der Waals surface area contributed by atoms with Gasteiger partial charge in [-0.2, -0.15) is 0 Å². The molecular formula is C20H27N. The van der Waals surface area contributed by atoms with Gasteiger partial charge in [-0.15, -0.1) is 0 Å². The third-order valence-electron chi connectivity index (χ3n) is 3.94. The molecule has 21 heavy (non-hydrogen) atoms. The van der Waals surface area contributed by atoms with Crippen LogP contribution in [0.4, 0.5) is 0 Å². The first-order chi connectivity index (χ1) is 10.1. The summed E-state index contributed by atoms with van der Waals surface area (Å²) in [6, 6.07) is 20.4. The highest BCUT2D eigenvalue weighted by Gasteiger charge is 2.16. The summed E-state index contributed by atoms with van der Waals surface area (Å²) in [6.07, 6.45) is 1.15.